The van der Waals surface area contributed by atoms with Crippen LogP contribution in [0.15, 0.2) is 0 Å². The van der Waals surface area contributed by atoms with Crippen LogP contribution in [0.1, 0.15) is 62.6 Å². The lowest BCUT2D eigenvalue weighted by molar-refractivity contribution is -0.135. The Labute approximate surface area is 115 Å². The van der Waals surface area contributed by atoms with E-state index in [1.165, 1.54) is 11.5 Å². The number of halogens is 3. The quantitative estimate of drug-likeness (QED) is 0.825. The lowest BCUT2D eigenvalue weighted by Gasteiger charge is -2.18. The molecule has 1 aromatic heterocycles. The number of nitrogens with one attached hydrogen (secondary N) is 1. The normalized spacial score (nSPS) is 14.1. The van der Waals surface area contributed by atoms with Gasteiger partial charge in [0.05, 0.1) is 10.6 Å². The molecule has 1 heterocycles. The molecular weight excluding hydrogens is 275 g/mol. The first-order valence-corrected chi connectivity index (χ1v) is 7.24. The van der Waals surface area contributed by atoms with Crippen molar-refractivity contribution in [3.63, 3.8) is 0 Å². The van der Waals surface area contributed by atoms with Gasteiger partial charge in [0.1, 0.15) is 0 Å². The monoisotopic (exact) mass is 295 g/mol. The van der Waals surface area contributed by atoms with E-state index in [-0.39, 0.29) is 18.4 Å². The molecule has 0 aliphatic rings. The maximum Gasteiger partial charge on any atom is 0.389 e. The number of rotatable bonds is 7. The number of nitrogens with zero attached hydrogens (tertiary/aromatic N) is 2. The van der Waals surface area contributed by atoms with Crippen molar-refractivity contribution in [1.82, 2.24) is 14.9 Å². The number of hydrogen-bond acceptors (Lipinski definition) is 4. The zero-order chi connectivity index (χ0) is 14.5. The molecule has 1 unspecified atom stereocenters. The zero-order valence-electron chi connectivity index (χ0n) is 11.4. The molecule has 0 saturated carbocycles. The van der Waals surface area contributed by atoms with Gasteiger partial charge in [0, 0.05) is 12.5 Å². The van der Waals surface area contributed by atoms with Crippen molar-refractivity contribution in [2.45, 2.75) is 58.2 Å². The van der Waals surface area contributed by atoms with Gasteiger partial charge in [-0.05, 0) is 36.8 Å². The van der Waals surface area contributed by atoms with Gasteiger partial charge in [-0.15, -0.1) is 5.10 Å². The highest BCUT2D eigenvalue weighted by Gasteiger charge is 2.28. The van der Waals surface area contributed by atoms with Gasteiger partial charge in [-0.2, -0.15) is 13.2 Å². The SMILES string of the molecule is CCNC(CCCC(F)(F)F)c1snnc1C(C)C. The summed E-state index contributed by atoms with van der Waals surface area (Å²) >= 11 is 1.28. The van der Waals surface area contributed by atoms with Crippen molar-refractivity contribution in [2.75, 3.05) is 6.54 Å². The first kappa shape index (κ1) is 16.4. The summed E-state index contributed by atoms with van der Waals surface area (Å²) in [5.41, 5.74) is 0.892. The topological polar surface area (TPSA) is 37.8 Å². The highest BCUT2D eigenvalue weighted by atomic mass is 32.1. The van der Waals surface area contributed by atoms with E-state index < -0.39 is 12.6 Å². The minimum absolute atomic E-state index is 0.0789. The maximum absolute atomic E-state index is 12.2. The second-order valence-corrected chi connectivity index (χ2v) is 5.58. The van der Waals surface area contributed by atoms with Crippen LogP contribution in [-0.4, -0.2) is 22.3 Å². The first-order chi connectivity index (χ1) is 8.85. The van der Waals surface area contributed by atoms with Gasteiger partial charge in [0.2, 0.25) is 0 Å². The van der Waals surface area contributed by atoms with Crippen molar-refractivity contribution in [1.29, 1.82) is 0 Å². The molecule has 0 radical (unpaired) electrons. The second kappa shape index (κ2) is 7.19. The summed E-state index contributed by atoms with van der Waals surface area (Å²) < 4.78 is 40.5. The fourth-order valence-corrected chi connectivity index (χ4v) is 2.84. The summed E-state index contributed by atoms with van der Waals surface area (Å²) in [6.45, 7) is 6.68. The highest BCUT2D eigenvalue weighted by molar-refractivity contribution is 7.05. The second-order valence-electron chi connectivity index (χ2n) is 4.79. The van der Waals surface area contributed by atoms with E-state index >= 15 is 0 Å². The summed E-state index contributed by atoms with van der Waals surface area (Å²) in [6, 6.07) is -0.0789. The highest BCUT2D eigenvalue weighted by Crippen LogP contribution is 2.31. The smallest absolute Gasteiger partial charge is 0.309 e. The molecule has 1 N–H and O–H groups in total. The van der Waals surface area contributed by atoms with Crippen LogP contribution in [0, 0.1) is 0 Å². The molecule has 1 atom stereocenters. The minimum Gasteiger partial charge on any atom is -0.309 e. The lowest BCUT2D eigenvalue weighted by atomic mass is 10.0. The van der Waals surface area contributed by atoms with E-state index in [1.54, 1.807) is 0 Å². The molecule has 0 saturated heterocycles. The van der Waals surface area contributed by atoms with Crippen LogP contribution >= 0.6 is 11.5 Å². The Morgan fingerprint density at radius 3 is 2.53 bits per heavy atom. The summed E-state index contributed by atoms with van der Waals surface area (Å²) in [4.78, 5) is 0.971. The molecule has 0 aliphatic heterocycles. The summed E-state index contributed by atoms with van der Waals surface area (Å²) in [6.07, 6.45) is -4.24. The third kappa shape index (κ3) is 5.44. The Bertz CT molecular complexity index is 377. The van der Waals surface area contributed by atoms with Gasteiger partial charge in [-0.1, -0.05) is 25.3 Å². The Morgan fingerprint density at radius 2 is 2.00 bits per heavy atom. The number of aromatic nitrogens is 2. The lowest BCUT2D eigenvalue weighted by Crippen LogP contribution is -2.22. The fraction of sp³-hybridized carbons (Fsp3) is 0.833. The van der Waals surface area contributed by atoms with Crippen LogP contribution in [-0.2, 0) is 0 Å². The average molecular weight is 295 g/mol. The molecule has 1 aromatic rings. The predicted molar refractivity (Wildman–Crippen MR) is 70.3 cm³/mol. The average Bonchev–Trinajstić information content (AvgIpc) is 2.75. The molecule has 0 aliphatic carbocycles. The van der Waals surface area contributed by atoms with E-state index in [9.17, 15) is 13.2 Å². The third-order valence-electron chi connectivity index (χ3n) is 2.81. The predicted octanol–water partition coefficient (Wildman–Crippen LogP) is 4.04. The molecule has 0 spiro atoms. The molecule has 0 fully saturated rings. The van der Waals surface area contributed by atoms with Crippen LogP contribution in [0.4, 0.5) is 13.2 Å². The minimum atomic E-state index is -4.08. The van der Waals surface area contributed by atoms with E-state index in [4.69, 9.17) is 0 Å². The summed E-state index contributed by atoms with van der Waals surface area (Å²) in [5, 5.41) is 7.31. The van der Waals surface area contributed by atoms with Crippen LogP contribution in [0.25, 0.3) is 0 Å². The number of hydrogen-bond donors (Lipinski definition) is 1. The van der Waals surface area contributed by atoms with E-state index in [0.29, 0.717) is 13.0 Å². The Morgan fingerprint density at radius 1 is 1.32 bits per heavy atom. The van der Waals surface area contributed by atoms with Gasteiger partial charge in [0.25, 0.3) is 0 Å². The van der Waals surface area contributed by atoms with Gasteiger partial charge in [-0.3, -0.25) is 0 Å². The van der Waals surface area contributed by atoms with Crippen molar-refractivity contribution in [2.24, 2.45) is 0 Å². The van der Waals surface area contributed by atoms with Gasteiger partial charge in [0.15, 0.2) is 0 Å². The molecule has 110 valence electrons. The van der Waals surface area contributed by atoms with E-state index in [1.807, 2.05) is 20.8 Å². The van der Waals surface area contributed by atoms with Crippen molar-refractivity contribution in [3.8, 4) is 0 Å². The molecular formula is C12H20F3N3S. The third-order valence-corrected chi connectivity index (χ3v) is 3.66. The Balaban J connectivity index is 2.68. The first-order valence-electron chi connectivity index (χ1n) is 6.47. The van der Waals surface area contributed by atoms with Gasteiger partial charge >= 0.3 is 6.18 Å². The van der Waals surface area contributed by atoms with Crippen LogP contribution in [0.3, 0.4) is 0 Å². The molecule has 7 heteroatoms. The van der Waals surface area contributed by atoms with E-state index in [2.05, 4.69) is 14.9 Å². The Hall–Kier alpha value is -0.690. The van der Waals surface area contributed by atoms with Gasteiger partial charge in [-0.25, -0.2) is 0 Å². The molecule has 0 aromatic carbocycles. The van der Waals surface area contributed by atoms with Crippen molar-refractivity contribution in [3.05, 3.63) is 10.6 Å². The summed E-state index contributed by atoms with van der Waals surface area (Å²) in [5.74, 6) is 0.234. The van der Waals surface area contributed by atoms with Gasteiger partial charge < -0.3 is 5.32 Å². The molecule has 3 nitrogen and oxygen atoms in total. The van der Waals surface area contributed by atoms with Crippen molar-refractivity contribution < 1.29 is 13.2 Å². The molecule has 19 heavy (non-hydrogen) atoms. The van der Waals surface area contributed by atoms with Crippen LogP contribution in [0.2, 0.25) is 0 Å². The molecule has 1 rings (SSSR count). The standard InChI is InChI=1S/C12H20F3N3S/c1-4-16-9(6-5-7-12(13,14)15)11-10(8(2)3)17-18-19-11/h8-9,16H,4-7H2,1-3H3. The zero-order valence-corrected chi connectivity index (χ0v) is 12.2. The summed E-state index contributed by atoms with van der Waals surface area (Å²) in [7, 11) is 0. The van der Waals surface area contributed by atoms with Crippen LogP contribution in [0.5, 0.6) is 0 Å². The Kier molecular flexibility index (Phi) is 6.19. The maximum atomic E-state index is 12.2. The van der Waals surface area contributed by atoms with Crippen LogP contribution < -0.4 is 5.32 Å². The largest absolute Gasteiger partial charge is 0.389 e. The molecule has 0 bridgehead atoms. The molecule has 0 amide bonds. The number of alkyl halides is 3. The van der Waals surface area contributed by atoms with Crippen molar-refractivity contribution >= 4 is 11.5 Å². The van der Waals surface area contributed by atoms with E-state index in [0.717, 1.165) is 10.6 Å². The fourth-order valence-electron chi connectivity index (χ4n) is 1.93.